The summed E-state index contributed by atoms with van der Waals surface area (Å²) in [4.78, 5) is 2.53. The lowest BCUT2D eigenvalue weighted by Gasteiger charge is -2.34. The van der Waals surface area contributed by atoms with E-state index in [1.807, 2.05) is 0 Å². The van der Waals surface area contributed by atoms with Gasteiger partial charge in [0.25, 0.3) is 0 Å². The highest BCUT2D eigenvalue weighted by atomic mass is 15.2. The van der Waals surface area contributed by atoms with Gasteiger partial charge in [-0.05, 0) is 80.4 Å². The highest BCUT2D eigenvalue weighted by molar-refractivity contribution is 5.84. The molecule has 0 N–H and O–H groups in total. The first kappa shape index (κ1) is 24.5. The fourth-order valence-corrected chi connectivity index (χ4v) is 7.79. The Hall–Kier alpha value is -5.14. The van der Waals surface area contributed by atoms with E-state index in [1.165, 1.54) is 61.4 Å². The molecule has 5 aromatic rings. The fourth-order valence-electron chi connectivity index (χ4n) is 7.79. The molecule has 5 aromatic carbocycles. The van der Waals surface area contributed by atoms with Gasteiger partial charge in [0.2, 0.25) is 0 Å². The number of rotatable bonds is 3. The van der Waals surface area contributed by atoms with Crippen molar-refractivity contribution in [3.8, 4) is 33.4 Å². The summed E-state index contributed by atoms with van der Waals surface area (Å²) in [6.07, 6.45) is 18.3. The molecule has 0 amide bonds. The number of hydrogen-bond acceptors (Lipinski definition) is 1. The molecule has 1 heterocycles. The average molecular weight is 550 g/mol. The number of benzene rings is 5. The van der Waals surface area contributed by atoms with E-state index in [4.69, 9.17) is 0 Å². The summed E-state index contributed by atoms with van der Waals surface area (Å²) in [7, 11) is 0. The molecule has 0 fully saturated rings. The van der Waals surface area contributed by atoms with Crippen molar-refractivity contribution >= 4 is 11.4 Å². The molecule has 3 aliphatic carbocycles. The third-order valence-electron chi connectivity index (χ3n) is 9.77. The van der Waals surface area contributed by atoms with E-state index in [2.05, 4.69) is 169 Å². The molecule has 0 saturated carbocycles. The van der Waals surface area contributed by atoms with Crippen LogP contribution in [0, 0.1) is 0 Å². The van der Waals surface area contributed by atoms with Crippen LogP contribution in [0.1, 0.15) is 34.4 Å². The molecule has 4 aliphatic rings. The molecule has 4 unspecified atom stereocenters. The van der Waals surface area contributed by atoms with Crippen LogP contribution in [-0.4, -0.2) is 6.04 Å². The normalized spacial score (nSPS) is 22.0. The van der Waals surface area contributed by atoms with Crippen molar-refractivity contribution in [3.05, 3.63) is 181 Å². The van der Waals surface area contributed by atoms with E-state index in [1.54, 1.807) is 0 Å². The Balaban J connectivity index is 1.14. The van der Waals surface area contributed by atoms with Crippen LogP contribution in [0.2, 0.25) is 0 Å². The predicted octanol–water partition coefficient (Wildman–Crippen LogP) is 10.7. The highest BCUT2D eigenvalue weighted by Crippen LogP contribution is 2.52. The molecule has 1 nitrogen and oxygen atoms in total. The third kappa shape index (κ3) is 3.85. The second-order valence-corrected chi connectivity index (χ2v) is 12.1. The maximum atomic E-state index is 2.53. The standard InChI is InChI=1S/C42H31N/c1-2-11-28(12-3-1)29-13-10-14-32(25-29)43-41-20-9-8-19-38(41)40-27-31(22-24-42(40)43)30-21-23-37-35-17-5-4-15-33(35)34-16-6-7-18-36(34)39(37)26-30/h1-27,34,36,38,41H. The summed E-state index contributed by atoms with van der Waals surface area (Å²) in [5.74, 6) is 1.08. The second-order valence-electron chi connectivity index (χ2n) is 12.1. The van der Waals surface area contributed by atoms with Crippen LogP contribution in [0.3, 0.4) is 0 Å². The first-order valence-electron chi connectivity index (χ1n) is 15.4. The van der Waals surface area contributed by atoms with E-state index >= 15 is 0 Å². The summed E-state index contributed by atoms with van der Waals surface area (Å²) in [6.45, 7) is 0. The zero-order valence-electron chi connectivity index (χ0n) is 23.8. The van der Waals surface area contributed by atoms with E-state index in [0.29, 0.717) is 17.8 Å². The molecule has 0 aromatic heterocycles. The van der Waals surface area contributed by atoms with Gasteiger partial charge in [-0.15, -0.1) is 0 Å². The fraction of sp³-hybridized carbons (Fsp3) is 0.0952. The van der Waals surface area contributed by atoms with Crippen LogP contribution in [-0.2, 0) is 0 Å². The molecule has 1 aliphatic heterocycles. The zero-order chi connectivity index (χ0) is 28.3. The number of hydrogen-bond donors (Lipinski definition) is 0. The first-order valence-corrected chi connectivity index (χ1v) is 15.4. The Morgan fingerprint density at radius 3 is 1.88 bits per heavy atom. The van der Waals surface area contributed by atoms with E-state index in [-0.39, 0.29) is 6.04 Å². The summed E-state index contributed by atoms with van der Waals surface area (Å²) in [5, 5.41) is 0. The van der Waals surface area contributed by atoms with Gasteiger partial charge < -0.3 is 4.90 Å². The number of fused-ring (bicyclic) bond motifs is 9. The molecule has 0 bridgehead atoms. The Morgan fingerprint density at radius 2 is 1.02 bits per heavy atom. The van der Waals surface area contributed by atoms with Gasteiger partial charge in [0, 0.05) is 29.1 Å². The van der Waals surface area contributed by atoms with Crippen molar-refractivity contribution in [2.45, 2.75) is 23.8 Å². The lowest BCUT2D eigenvalue weighted by atomic mass is 9.69. The summed E-state index contributed by atoms with van der Waals surface area (Å²) in [6, 6.07) is 43.1. The lowest BCUT2D eigenvalue weighted by molar-refractivity contribution is 0.720. The van der Waals surface area contributed by atoms with Crippen molar-refractivity contribution in [1.82, 2.24) is 0 Å². The van der Waals surface area contributed by atoms with Crippen LogP contribution >= 0.6 is 0 Å². The molecular weight excluding hydrogens is 518 g/mol. The Bertz CT molecular complexity index is 2010. The number of nitrogens with zero attached hydrogens (tertiary/aromatic N) is 1. The van der Waals surface area contributed by atoms with E-state index in [0.717, 1.165) is 0 Å². The van der Waals surface area contributed by atoms with Crippen LogP contribution in [0.5, 0.6) is 0 Å². The molecular formula is C42H31N. The minimum absolute atomic E-state index is 0.265. The molecule has 4 atom stereocenters. The lowest BCUT2D eigenvalue weighted by Crippen LogP contribution is -2.28. The molecule has 1 heteroatoms. The Labute approximate surface area is 253 Å². The summed E-state index contributed by atoms with van der Waals surface area (Å²) < 4.78 is 0. The van der Waals surface area contributed by atoms with Crippen LogP contribution in [0.15, 0.2) is 164 Å². The van der Waals surface area contributed by atoms with Crippen molar-refractivity contribution in [3.63, 3.8) is 0 Å². The van der Waals surface area contributed by atoms with Crippen LogP contribution in [0.4, 0.5) is 11.4 Å². The molecule has 0 spiro atoms. The minimum Gasteiger partial charge on any atom is -0.333 e. The van der Waals surface area contributed by atoms with Crippen LogP contribution in [0.25, 0.3) is 33.4 Å². The summed E-state index contributed by atoms with van der Waals surface area (Å²) >= 11 is 0. The van der Waals surface area contributed by atoms with Gasteiger partial charge in [0.05, 0.1) is 6.04 Å². The van der Waals surface area contributed by atoms with Gasteiger partial charge in [0.15, 0.2) is 0 Å². The molecule has 204 valence electrons. The topological polar surface area (TPSA) is 3.24 Å². The van der Waals surface area contributed by atoms with Crippen molar-refractivity contribution in [2.24, 2.45) is 0 Å². The quantitative estimate of drug-likeness (QED) is 0.216. The average Bonchev–Trinajstić information content (AvgIpc) is 3.42. The third-order valence-corrected chi connectivity index (χ3v) is 9.77. The first-order chi connectivity index (χ1) is 21.3. The SMILES string of the molecule is C1=CC2c3ccccc3-c3ccc(-c4ccc5c(c4)C4C=CC=CC4N5c4cccc(-c5ccccc5)c4)cc3C2C=C1. The maximum Gasteiger partial charge on any atom is 0.0629 e. The van der Waals surface area contributed by atoms with Crippen molar-refractivity contribution < 1.29 is 0 Å². The molecule has 0 radical (unpaired) electrons. The number of anilines is 2. The molecule has 0 saturated heterocycles. The Morgan fingerprint density at radius 1 is 0.395 bits per heavy atom. The monoisotopic (exact) mass is 549 g/mol. The van der Waals surface area contributed by atoms with Gasteiger partial charge in [-0.25, -0.2) is 0 Å². The van der Waals surface area contributed by atoms with Gasteiger partial charge in [-0.2, -0.15) is 0 Å². The van der Waals surface area contributed by atoms with Crippen LogP contribution < -0.4 is 4.90 Å². The maximum absolute atomic E-state index is 2.53. The predicted molar refractivity (Wildman–Crippen MR) is 180 cm³/mol. The zero-order valence-corrected chi connectivity index (χ0v) is 23.8. The van der Waals surface area contributed by atoms with Crippen molar-refractivity contribution in [1.29, 1.82) is 0 Å². The molecule has 43 heavy (non-hydrogen) atoms. The van der Waals surface area contributed by atoms with Crippen molar-refractivity contribution in [2.75, 3.05) is 4.90 Å². The second kappa shape index (κ2) is 9.71. The minimum atomic E-state index is 0.265. The van der Waals surface area contributed by atoms with Gasteiger partial charge in [0.1, 0.15) is 0 Å². The molecule has 9 rings (SSSR count). The van der Waals surface area contributed by atoms with E-state index in [9.17, 15) is 0 Å². The van der Waals surface area contributed by atoms with Gasteiger partial charge in [-0.1, -0.05) is 134 Å². The highest BCUT2D eigenvalue weighted by Gasteiger charge is 2.38. The summed E-state index contributed by atoms with van der Waals surface area (Å²) in [5.41, 5.74) is 14.6. The van der Waals surface area contributed by atoms with Gasteiger partial charge in [-0.3, -0.25) is 0 Å². The largest absolute Gasteiger partial charge is 0.333 e. The van der Waals surface area contributed by atoms with E-state index < -0.39 is 0 Å². The smallest absolute Gasteiger partial charge is 0.0629 e. The number of allylic oxidation sites excluding steroid dienone is 6. The van der Waals surface area contributed by atoms with Gasteiger partial charge >= 0.3 is 0 Å². The Kier molecular flexibility index (Phi) is 5.52.